The summed E-state index contributed by atoms with van der Waals surface area (Å²) >= 11 is 6.06. The number of rotatable bonds is 2. The molecule has 4 N–H and O–H groups in total. The van der Waals surface area contributed by atoms with Crippen molar-refractivity contribution in [3.8, 4) is 0 Å². The highest BCUT2D eigenvalue weighted by Gasteiger charge is 2.26. The second-order valence-corrected chi connectivity index (χ2v) is 5.92. The molecule has 0 aliphatic carbocycles. The molecule has 1 aliphatic rings. The fraction of sp³-hybridized carbons (Fsp3) is 0.500. The molecule has 20 heavy (non-hydrogen) atoms. The normalized spacial score (nSPS) is 24.6. The molecule has 1 heterocycles. The second-order valence-electron chi connectivity index (χ2n) is 5.48. The highest BCUT2D eigenvalue weighted by molar-refractivity contribution is 6.31. The van der Waals surface area contributed by atoms with Crippen LogP contribution >= 0.6 is 11.6 Å². The van der Waals surface area contributed by atoms with Gasteiger partial charge in [0.2, 0.25) is 0 Å². The summed E-state index contributed by atoms with van der Waals surface area (Å²) in [6.45, 7) is 3.38. The van der Waals surface area contributed by atoms with Gasteiger partial charge in [-0.3, -0.25) is 0 Å². The molecule has 0 aromatic heterocycles. The molecule has 0 spiro atoms. The number of anilines is 1. The molecule has 1 unspecified atom stereocenters. The summed E-state index contributed by atoms with van der Waals surface area (Å²) in [4.78, 5) is 2.13. The van der Waals surface area contributed by atoms with Crippen LogP contribution < -0.4 is 10.6 Å². The smallest absolute Gasteiger partial charge is 0.172 e. The van der Waals surface area contributed by atoms with Gasteiger partial charge in [0, 0.05) is 29.4 Å². The number of oxime groups is 1. The Kier molecular flexibility index (Phi) is 4.40. The van der Waals surface area contributed by atoms with Crippen LogP contribution in [-0.2, 0) is 0 Å². The van der Waals surface area contributed by atoms with Crippen LogP contribution in [0.5, 0.6) is 0 Å². The van der Waals surface area contributed by atoms with Gasteiger partial charge in [0.25, 0.3) is 0 Å². The molecule has 0 radical (unpaired) electrons. The summed E-state index contributed by atoms with van der Waals surface area (Å²) in [6, 6.07) is 5.27. The average Bonchev–Trinajstić information content (AvgIpc) is 2.58. The zero-order valence-corrected chi connectivity index (χ0v) is 12.3. The van der Waals surface area contributed by atoms with E-state index < -0.39 is 5.60 Å². The zero-order valence-electron chi connectivity index (χ0n) is 11.5. The summed E-state index contributed by atoms with van der Waals surface area (Å²) < 4.78 is 0. The molecule has 1 fully saturated rings. The van der Waals surface area contributed by atoms with E-state index in [9.17, 15) is 5.11 Å². The minimum Gasteiger partial charge on any atom is -0.409 e. The largest absolute Gasteiger partial charge is 0.409 e. The van der Waals surface area contributed by atoms with Crippen molar-refractivity contribution < 1.29 is 10.3 Å². The first-order valence-electron chi connectivity index (χ1n) is 6.68. The van der Waals surface area contributed by atoms with Crippen LogP contribution in [0.15, 0.2) is 23.4 Å². The maximum absolute atomic E-state index is 10.2. The topological polar surface area (TPSA) is 82.1 Å². The molecule has 1 saturated heterocycles. The first kappa shape index (κ1) is 14.9. The highest BCUT2D eigenvalue weighted by Crippen LogP contribution is 2.29. The van der Waals surface area contributed by atoms with Crippen LogP contribution in [0.25, 0.3) is 0 Å². The molecular weight excluding hydrogens is 278 g/mol. The van der Waals surface area contributed by atoms with Gasteiger partial charge < -0.3 is 20.9 Å². The lowest BCUT2D eigenvalue weighted by atomic mass is 9.98. The van der Waals surface area contributed by atoms with E-state index in [4.69, 9.17) is 22.5 Å². The molecule has 1 aliphatic heterocycles. The molecule has 2 rings (SSSR count). The first-order chi connectivity index (χ1) is 9.43. The Labute approximate surface area is 123 Å². The minimum absolute atomic E-state index is 0.0627. The lowest BCUT2D eigenvalue weighted by Crippen LogP contribution is -2.30. The number of hydrogen-bond acceptors (Lipinski definition) is 4. The van der Waals surface area contributed by atoms with Crippen LogP contribution in [0.3, 0.4) is 0 Å². The third-order valence-corrected chi connectivity index (χ3v) is 3.98. The Morgan fingerprint density at radius 2 is 2.15 bits per heavy atom. The number of halogens is 1. The van der Waals surface area contributed by atoms with E-state index in [1.807, 2.05) is 13.0 Å². The van der Waals surface area contributed by atoms with Crippen molar-refractivity contribution in [2.24, 2.45) is 10.9 Å². The monoisotopic (exact) mass is 297 g/mol. The van der Waals surface area contributed by atoms with Gasteiger partial charge in [0.15, 0.2) is 5.84 Å². The van der Waals surface area contributed by atoms with Crippen molar-refractivity contribution in [2.45, 2.75) is 31.8 Å². The molecule has 0 saturated carbocycles. The Balaban J connectivity index is 2.34. The fourth-order valence-corrected chi connectivity index (χ4v) is 2.71. The Morgan fingerprint density at radius 3 is 2.85 bits per heavy atom. The number of aliphatic hydroxyl groups is 1. The van der Waals surface area contributed by atoms with Crippen LogP contribution in [-0.4, -0.2) is 34.8 Å². The van der Waals surface area contributed by atoms with E-state index in [1.165, 1.54) is 0 Å². The van der Waals surface area contributed by atoms with Crippen molar-refractivity contribution >= 4 is 23.1 Å². The van der Waals surface area contributed by atoms with Gasteiger partial charge in [0.1, 0.15) is 0 Å². The molecule has 1 aromatic rings. The van der Waals surface area contributed by atoms with Crippen molar-refractivity contribution in [2.75, 3.05) is 18.0 Å². The number of nitrogens with two attached hydrogens (primary N) is 1. The zero-order chi connectivity index (χ0) is 14.8. The quantitative estimate of drug-likeness (QED) is 0.338. The highest BCUT2D eigenvalue weighted by atomic mass is 35.5. The van der Waals surface area contributed by atoms with E-state index in [0.29, 0.717) is 23.6 Å². The predicted molar refractivity (Wildman–Crippen MR) is 80.7 cm³/mol. The lowest BCUT2D eigenvalue weighted by Gasteiger charge is -2.26. The number of amidine groups is 1. The Bertz CT molecular complexity index is 517. The number of hydrogen-bond donors (Lipinski definition) is 3. The van der Waals surface area contributed by atoms with Gasteiger partial charge in [-0.1, -0.05) is 16.8 Å². The standard InChI is InChI=1S/C14H20ClN3O2/c1-14(19)5-2-7-18(8-6-14)12-9-10(15)3-4-11(12)13(16)17-20/h3-4,9,19-20H,2,5-8H2,1H3,(H2,16,17). The fourth-order valence-electron chi connectivity index (χ4n) is 2.54. The summed E-state index contributed by atoms with van der Waals surface area (Å²) in [5, 5.41) is 22.7. The number of nitrogens with zero attached hydrogens (tertiary/aromatic N) is 2. The number of benzene rings is 1. The predicted octanol–water partition coefficient (Wildman–Crippen LogP) is 2.18. The summed E-state index contributed by atoms with van der Waals surface area (Å²) in [5.41, 5.74) is 6.58. The van der Waals surface area contributed by atoms with Gasteiger partial charge in [-0.05, 0) is 44.4 Å². The average molecular weight is 298 g/mol. The molecular formula is C14H20ClN3O2. The van der Waals surface area contributed by atoms with Gasteiger partial charge in [0.05, 0.1) is 5.60 Å². The van der Waals surface area contributed by atoms with E-state index in [2.05, 4.69) is 10.1 Å². The van der Waals surface area contributed by atoms with E-state index in [0.717, 1.165) is 25.1 Å². The molecule has 1 aromatic carbocycles. The summed E-state index contributed by atoms with van der Waals surface area (Å²) in [6.07, 6.45) is 2.33. The van der Waals surface area contributed by atoms with Crippen LogP contribution in [0, 0.1) is 0 Å². The lowest BCUT2D eigenvalue weighted by molar-refractivity contribution is 0.0481. The molecule has 1 atom stereocenters. The van der Waals surface area contributed by atoms with Gasteiger partial charge in [-0.15, -0.1) is 0 Å². The Hall–Kier alpha value is -1.46. The SMILES string of the molecule is CC1(O)CCCN(c2cc(Cl)ccc2/C(N)=N/O)CC1. The maximum Gasteiger partial charge on any atom is 0.172 e. The molecule has 110 valence electrons. The van der Waals surface area contributed by atoms with Gasteiger partial charge in [-0.25, -0.2) is 0 Å². The van der Waals surface area contributed by atoms with E-state index >= 15 is 0 Å². The third kappa shape index (κ3) is 3.35. The third-order valence-electron chi connectivity index (χ3n) is 3.75. The van der Waals surface area contributed by atoms with Crippen LogP contribution in [0.4, 0.5) is 5.69 Å². The van der Waals surface area contributed by atoms with Crippen molar-refractivity contribution in [3.63, 3.8) is 0 Å². The molecule has 0 bridgehead atoms. The maximum atomic E-state index is 10.2. The Morgan fingerprint density at radius 1 is 1.40 bits per heavy atom. The summed E-state index contributed by atoms with van der Waals surface area (Å²) in [5.74, 6) is 0.0627. The summed E-state index contributed by atoms with van der Waals surface area (Å²) in [7, 11) is 0. The molecule has 5 nitrogen and oxygen atoms in total. The van der Waals surface area contributed by atoms with Gasteiger partial charge in [-0.2, -0.15) is 0 Å². The van der Waals surface area contributed by atoms with Crippen LogP contribution in [0.1, 0.15) is 31.7 Å². The van der Waals surface area contributed by atoms with Crippen molar-refractivity contribution in [3.05, 3.63) is 28.8 Å². The van der Waals surface area contributed by atoms with E-state index in [1.54, 1.807) is 12.1 Å². The molecule has 6 heteroatoms. The van der Waals surface area contributed by atoms with E-state index in [-0.39, 0.29) is 5.84 Å². The minimum atomic E-state index is -0.635. The van der Waals surface area contributed by atoms with Crippen molar-refractivity contribution in [1.29, 1.82) is 0 Å². The van der Waals surface area contributed by atoms with Gasteiger partial charge >= 0.3 is 0 Å². The first-order valence-corrected chi connectivity index (χ1v) is 7.05. The van der Waals surface area contributed by atoms with Crippen LogP contribution in [0.2, 0.25) is 5.02 Å². The van der Waals surface area contributed by atoms with Crippen molar-refractivity contribution in [1.82, 2.24) is 0 Å². The molecule has 0 amide bonds. The second kappa shape index (κ2) is 5.89.